The van der Waals surface area contributed by atoms with Crippen LogP contribution in [0, 0.1) is 5.53 Å². The second kappa shape index (κ2) is 68.6. The van der Waals surface area contributed by atoms with E-state index in [1.165, 1.54) is 0 Å². The number of hydrogen-bond donors (Lipinski definition) is 2. The van der Waals surface area contributed by atoms with Crippen molar-refractivity contribution in [1.29, 1.82) is 5.53 Å². The molecule has 87 heavy (non-hydrogen) atoms. The fourth-order valence-electron chi connectivity index (χ4n) is 1.49. The second-order valence-corrected chi connectivity index (χ2v) is 7.64. The van der Waals surface area contributed by atoms with Crippen molar-refractivity contribution in [3.63, 3.8) is 0 Å². The first-order valence-corrected chi connectivity index (χ1v) is 17.3. The third-order valence-corrected chi connectivity index (χ3v) is 3.38. The van der Waals surface area contributed by atoms with Crippen LogP contribution in [-0.2, 0) is 0 Å². The lowest BCUT2D eigenvalue weighted by molar-refractivity contribution is 0.723. The topological polar surface area (TPSA) is 1100 Å². The molecule has 0 rings (SSSR count). The van der Waals surface area contributed by atoms with Crippen LogP contribution < -0.4 is 5.84 Å². The Morgan fingerprint density at radius 3 is 0.207 bits per heavy atom. The van der Waals surface area contributed by atoms with Crippen molar-refractivity contribution in [3.8, 4) is 0 Å². The van der Waals surface area contributed by atoms with E-state index in [1.807, 2.05) is 0 Å². The van der Waals surface area contributed by atoms with Crippen LogP contribution in [0.25, 0.3) is 0 Å². The van der Waals surface area contributed by atoms with Gasteiger partial charge in [0.2, 0.25) is 0 Å². The average Bonchev–Trinajstić information content (AvgIpc) is 3.53. The highest BCUT2D eigenvalue weighted by molar-refractivity contribution is 4.21. The zero-order valence-electron chi connectivity index (χ0n) is 39.1. The molecule has 0 aromatic carbocycles. The van der Waals surface area contributed by atoms with E-state index in [0.717, 1.165) is 0 Å². The van der Waals surface area contributed by atoms with E-state index >= 15 is 0 Å². The maximum absolute atomic E-state index is 6.27. The van der Waals surface area contributed by atoms with E-state index in [9.17, 15) is 0 Å². The summed E-state index contributed by atoms with van der Waals surface area (Å²) < 4.78 is 0. The monoisotopic (exact) mass is 1220 g/mol. The standard InChI is InChI=1S/H3N87/c1-3-5-7-9-11-13-15-17-19-21-23-25-27-29-31-33-35-37-39-41-43-45-47-49-51-53-55-57-59-61-63-65-67-69-71-73-75-77-79-81-83-85-87-86-84-82-80-78-76-74-72-70-68-66-64-62-60-58-56-54-52-50-48-46-44-42-40-38-36-34-32-30-28-26-24-22-20-18-16-14-12-10-8-6-4-2/h(H3,1,2,5,6,9,10,13,14,17,18,21,22,25,26,29,30,33,34,37,38,41,42,45,46,49,50,53,54,57,58,61,62,65,66,69,70,73,74,77,78,81,82,85,86). The number of nitrogens with two attached hydrogens (primary N) is 1. The molecular formula is H3N87. The minimum absolute atomic E-state index is 2.50. The third-order valence-electron chi connectivity index (χ3n) is 3.38. The van der Waals surface area contributed by atoms with E-state index in [2.05, 4.69) is 450 Å². The summed E-state index contributed by atoms with van der Waals surface area (Å²) in [6, 6.07) is 0. The lowest BCUT2D eigenvalue weighted by Crippen LogP contribution is -1.70. The molecular weight excluding hydrogens is 1220 g/mol. The van der Waals surface area contributed by atoms with Gasteiger partial charge in [0.25, 0.3) is 0 Å². The van der Waals surface area contributed by atoms with Gasteiger partial charge in [0, 0.05) is 360 Å². The van der Waals surface area contributed by atoms with Crippen molar-refractivity contribution in [2.75, 3.05) is 0 Å². The Morgan fingerprint density at radius 2 is 0.149 bits per heavy atom. The summed E-state index contributed by atoms with van der Waals surface area (Å²) >= 11 is 0. The molecule has 87 heteroatoms. The smallest absolute Gasteiger partial charge is 0 e. The first kappa shape index (κ1) is 69.6. The van der Waals surface area contributed by atoms with Crippen LogP contribution in [0.4, 0.5) is 0 Å². The fraction of sp³-hybridized carbons (Fsp3) is 0. The molecule has 87 nitrogen and oxygen atoms in total. The summed E-state index contributed by atoms with van der Waals surface area (Å²) in [5.74, 6) is 4.63. The molecule has 0 radical (unpaired) electrons. The van der Waals surface area contributed by atoms with Crippen molar-refractivity contribution >= 4 is 0 Å². The van der Waals surface area contributed by atoms with Crippen LogP contribution in [0.3, 0.4) is 0 Å². The van der Waals surface area contributed by atoms with Crippen LogP contribution in [0.1, 0.15) is 0 Å². The SMILES string of the molecule is N=N/N=N/N=N/N=N/N=N/N=N/N=N/N=N/N=N/N=N/N=N/N=N/N=N/N=N/N=N/N=N/N=N/N=N/N=N/N=N/N=N/N=N/N=N/N=N/N=N/N=N/N=N/N=N/N=N/N=N/N=N/N=N/N=N/N=N/N=N/N=N/N=N/N=N/N=N/N=N/N=N/N=N/N=N/N. The molecule has 0 aliphatic carbocycles. The van der Waals surface area contributed by atoms with Gasteiger partial charge in [-0.1, -0.05) is 5.22 Å². The Morgan fingerprint density at radius 1 is 0.0920 bits per heavy atom. The minimum atomic E-state index is 2.50. The van der Waals surface area contributed by atoms with Crippen molar-refractivity contribution in [3.05, 3.63) is 0 Å². The summed E-state index contributed by atoms with van der Waals surface area (Å²) in [6.45, 7) is 0. The zero-order valence-corrected chi connectivity index (χ0v) is 39.1. The normalized spacial score (nSPS) is 15.6. The molecule has 438 valence electrons. The van der Waals surface area contributed by atoms with Crippen molar-refractivity contribution in [1.82, 2.24) is 0 Å². The number of rotatable bonds is 42. The molecule has 0 saturated heterocycles. The maximum Gasteiger partial charge on any atom is 0 e. The van der Waals surface area contributed by atoms with Crippen molar-refractivity contribution in [2.45, 2.75) is 0 Å². The molecule has 0 amide bonds. The first-order chi connectivity index (χ1) is 43.4. The molecule has 0 unspecified atom stereocenters. The summed E-state index contributed by atoms with van der Waals surface area (Å²) in [6.07, 6.45) is 0. The summed E-state index contributed by atoms with van der Waals surface area (Å²) in [5.41, 5.74) is 6.27. The highest BCUT2D eigenvalue weighted by atomic mass is 15.8. The molecule has 0 bridgehead atoms. The first-order valence-electron chi connectivity index (χ1n) is 17.3. The van der Waals surface area contributed by atoms with Gasteiger partial charge in [0.1, 0.15) is 0 Å². The highest BCUT2D eigenvalue weighted by Gasteiger charge is 1.79. The lowest BCUT2D eigenvalue weighted by atomic mass is 12.3. The van der Waals surface area contributed by atoms with Gasteiger partial charge in [-0.05, 0) is 78.3 Å². The Hall–Kier alpha value is -17.4. The van der Waals surface area contributed by atoms with Crippen molar-refractivity contribution in [2.24, 2.45) is 450 Å². The van der Waals surface area contributed by atoms with Crippen LogP contribution in [-0.4, -0.2) is 0 Å². The Balaban J connectivity index is 4.11. The fourth-order valence-corrected chi connectivity index (χ4v) is 1.49. The number of nitrogens with zero attached hydrogens (tertiary/aromatic N) is 85. The van der Waals surface area contributed by atoms with Gasteiger partial charge < -0.3 is 5.84 Å². The van der Waals surface area contributed by atoms with Gasteiger partial charge in [-0.2, -0.15) is 5.53 Å². The molecule has 0 aliphatic rings. The van der Waals surface area contributed by atoms with Gasteiger partial charge in [0.05, 0.1) is 0 Å². The Bertz CT molecular complexity index is 3120. The van der Waals surface area contributed by atoms with Gasteiger partial charge in [-0.15, -0.1) is 0 Å². The maximum atomic E-state index is 6.27. The van der Waals surface area contributed by atoms with Crippen LogP contribution in [0.2, 0.25) is 0 Å². The predicted molar refractivity (Wildman–Crippen MR) is 213 cm³/mol. The third kappa shape index (κ3) is 68.6. The Labute approximate surface area is 455 Å². The van der Waals surface area contributed by atoms with Gasteiger partial charge >= 0.3 is 0 Å². The van der Waals surface area contributed by atoms with Gasteiger partial charge in [0.15, 0.2) is 0 Å². The molecule has 0 aromatic heterocycles. The van der Waals surface area contributed by atoms with Crippen LogP contribution >= 0.6 is 0 Å². The predicted octanol–water partition coefficient (Wildman–Crippen LogP) is 15.3. The van der Waals surface area contributed by atoms with E-state index in [1.54, 1.807) is 0 Å². The minimum Gasteiger partial charge on any atom is -0.303 e. The van der Waals surface area contributed by atoms with Gasteiger partial charge in [-0.3, -0.25) is 0 Å². The second-order valence-electron chi connectivity index (χ2n) is 7.64. The van der Waals surface area contributed by atoms with Crippen LogP contribution in [0.15, 0.2) is 444 Å². The van der Waals surface area contributed by atoms with Crippen molar-refractivity contribution < 1.29 is 0 Å². The molecule has 0 saturated carbocycles. The molecule has 0 aromatic rings. The lowest BCUT2D eigenvalue weighted by Gasteiger charge is -1.71. The quantitative estimate of drug-likeness (QED) is 0.0336. The summed E-state index contributed by atoms with van der Waals surface area (Å²) in [5, 5.41) is 253. The highest BCUT2D eigenvalue weighted by Crippen LogP contribution is 1.97. The molecule has 0 spiro atoms. The molecule has 3 N–H and O–H groups in total. The number of nitrogens with one attached hydrogen (secondary N) is 1. The molecule has 0 aliphatic heterocycles. The number of hydrogen-bond acceptors (Lipinski definition) is 2. The largest absolute Gasteiger partial charge is 0.303 e. The van der Waals surface area contributed by atoms with E-state index in [0.29, 0.717) is 0 Å². The molecule has 0 fully saturated rings. The van der Waals surface area contributed by atoms with E-state index in [-0.39, 0.29) is 0 Å². The Kier molecular flexibility index (Phi) is 54.9. The van der Waals surface area contributed by atoms with Crippen LogP contribution in [0.5, 0.6) is 0 Å². The van der Waals surface area contributed by atoms with E-state index in [4.69, 9.17) is 5.53 Å². The van der Waals surface area contributed by atoms with E-state index < -0.39 is 0 Å². The zero-order chi connectivity index (χ0) is 62.1. The summed E-state index contributed by atoms with van der Waals surface area (Å²) in [4.78, 5) is 0. The molecule has 0 atom stereocenters. The average molecular weight is 1220 g/mol. The molecule has 0 heterocycles. The summed E-state index contributed by atoms with van der Waals surface area (Å²) in [7, 11) is 0. The van der Waals surface area contributed by atoms with Gasteiger partial charge in [-0.25, -0.2) is 0 Å².